The average Bonchev–Trinajstić information content (AvgIpc) is 2.97. The minimum absolute atomic E-state index is 0.0664. The zero-order chi connectivity index (χ0) is 28.4. The molecule has 2 fully saturated rings. The summed E-state index contributed by atoms with van der Waals surface area (Å²) in [6, 6.07) is 28.8. The molecular formula is C32H40N2O6. The number of ether oxygens (including phenoxy) is 1. The first kappa shape index (κ1) is 29.7. The highest BCUT2D eigenvalue weighted by Gasteiger charge is 2.42. The Kier molecular flexibility index (Phi) is 10.3. The zero-order valence-corrected chi connectivity index (χ0v) is 22.7. The van der Waals surface area contributed by atoms with Gasteiger partial charge in [-0.3, -0.25) is 0 Å². The van der Waals surface area contributed by atoms with Gasteiger partial charge in [0.25, 0.3) is 0 Å². The molecule has 3 aromatic carbocycles. The lowest BCUT2D eigenvalue weighted by molar-refractivity contribution is -0.114. The second-order valence-corrected chi connectivity index (χ2v) is 10.8. The molecule has 8 heteroatoms. The lowest BCUT2D eigenvalue weighted by atomic mass is 9.83. The number of likely N-dealkylation sites (tertiary alicyclic amines) is 1. The topological polar surface area (TPSA) is 122 Å². The number of rotatable bonds is 6. The van der Waals surface area contributed by atoms with Gasteiger partial charge in [-0.1, -0.05) is 91.0 Å². The van der Waals surface area contributed by atoms with E-state index in [1.54, 1.807) is 0 Å². The molecule has 2 aliphatic heterocycles. The van der Waals surface area contributed by atoms with Crippen LogP contribution in [0.1, 0.15) is 29.5 Å². The molecule has 0 saturated carbocycles. The van der Waals surface area contributed by atoms with Crippen molar-refractivity contribution >= 4 is 6.09 Å². The fourth-order valence-corrected chi connectivity index (χ4v) is 5.15. The van der Waals surface area contributed by atoms with Crippen molar-refractivity contribution in [1.82, 2.24) is 10.2 Å². The van der Waals surface area contributed by atoms with Gasteiger partial charge in [0.15, 0.2) is 0 Å². The summed E-state index contributed by atoms with van der Waals surface area (Å²) in [5.74, 6) is 0. The summed E-state index contributed by atoms with van der Waals surface area (Å²) in [5, 5.41) is 44.3. The Morgan fingerprint density at radius 2 is 1.27 bits per heavy atom. The van der Waals surface area contributed by atoms with Crippen LogP contribution >= 0.6 is 0 Å². The van der Waals surface area contributed by atoms with E-state index in [0.29, 0.717) is 38.8 Å². The molecule has 2 heterocycles. The molecular weight excluding hydrogens is 508 g/mol. The van der Waals surface area contributed by atoms with E-state index >= 15 is 0 Å². The number of β-amino-alcohol motifs (C(OH)–C–C–N with tert-alkyl or cyclic N) is 2. The van der Waals surface area contributed by atoms with Crippen molar-refractivity contribution in [3.05, 3.63) is 108 Å². The van der Waals surface area contributed by atoms with E-state index in [1.807, 2.05) is 91.0 Å². The molecule has 5 rings (SSSR count). The summed E-state index contributed by atoms with van der Waals surface area (Å²) in [4.78, 5) is 13.6. The van der Waals surface area contributed by atoms with Crippen molar-refractivity contribution in [2.45, 2.75) is 55.7 Å². The van der Waals surface area contributed by atoms with Gasteiger partial charge in [-0.25, -0.2) is 4.79 Å². The first-order valence-electron chi connectivity index (χ1n) is 13.8. The SMILES string of the molecule is O=C(OCc1ccccc1)N1CC[C@@](O)(Cc2ccccc2)[C@@H](O)C1.OC1CNCC[C@@]1(O)Cc1ccccc1. The largest absolute Gasteiger partial charge is 0.445 e. The van der Waals surface area contributed by atoms with Crippen LogP contribution in [0.15, 0.2) is 91.0 Å². The van der Waals surface area contributed by atoms with Crippen LogP contribution in [0, 0.1) is 0 Å². The van der Waals surface area contributed by atoms with E-state index < -0.39 is 29.5 Å². The van der Waals surface area contributed by atoms with Crippen molar-refractivity contribution < 1.29 is 30.0 Å². The predicted octanol–water partition coefficient (Wildman–Crippen LogP) is 2.68. The van der Waals surface area contributed by atoms with Crippen LogP contribution in [-0.4, -0.2) is 81.0 Å². The van der Waals surface area contributed by atoms with Gasteiger partial charge in [0, 0.05) is 25.9 Å². The van der Waals surface area contributed by atoms with Gasteiger partial charge in [0.1, 0.15) is 12.7 Å². The van der Waals surface area contributed by atoms with Crippen molar-refractivity contribution in [2.24, 2.45) is 0 Å². The third kappa shape index (κ3) is 8.13. The molecule has 0 radical (unpaired) electrons. The number of carbonyl (C=O) groups is 1. The van der Waals surface area contributed by atoms with E-state index in [1.165, 1.54) is 4.90 Å². The number of hydrogen-bond acceptors (Lipinski definition) is 7. The second-order valence-electron chi connectivity index (χ2n) is 10.8. The van der Waals surface area contributed by atoms with Gasteiger partial charge >= 0.3 is 6.09 Å². The van der Waals surface area contributed by atoms with Gasteiger partial charge in [0.2, 0.25) is 0 Å². The molecule has 0 aromatic heterocycles. The van der Waals surface area contributed by atoms with Crippen LogP contribution in [0.25, 0.3) is 0 Å². The van der Waals surface area contributed by atoms with E-state index in [9.17, 15) is 25.2 Å². The highest BCUT2D eigenvalue weighted by atomic mass is 16.6. The third-order valence-corrected chi connectivity index (χ3v) is 7.69. The van der Waals surface area contributed by atoms with Gasteiger partial charge in [-0.15, -0.1) is 0 Å². The number of carbonyl (C=O) groups excluding carboxylic acids is 1. The number of hydrogen-bond donors (Lipinski definition) is 5. The Morgan fingerprint density at radius 1 is 0.775 bits per heavy atom. The van der Waals surface area contributed by atoms with Crippen LogP contribution < -0.4 is 5.32 Å². The van der Waals surface area contributed by atoms with Crippen LogP contribution in [0.3, 0.4) is 0 Å². The van der Waals surface area contributed by atoms with Crippen LogP contribution in [0.4, 0.5) is 4.79 Å². The van der Waals surface area contributed by atoms with Crippen LogP contribution in [0.5, 0.6) is 0 Å². The summed E-state index contributed by atoms with van der Waals surface area (Å²) < 4.78 is 5.30. The molecule has 1 unspecified atom stereocenters. The summed E-state index contributed by atoms with van der Waals surface area (Å²) in [6.07, 6.45) is -0.354. The maximum atomic E-state index is 12.2. The Morgan fingerprint density at radius 3 is 1.77 bits per heavy atom. The first-order chi connectivity index (χ1) is 19.3. The molecule has 5 N–H and O–H groups in total. The van der Waals surface area contributed by atoms with Crippen molar-refractivity contribution in [2.75, 3.05) is 26.2 Å². The lowest BCUT2D eigenvalue weighted by Crippen LogP contribution is -2.57. The molecule has 8 nitrogen and oxygen atoms in total. The van der Waals surface area contributed by atoms with Crippen LogP contribution in [0.2, 0.25) is 0 Å². The Labute approximate surface area is 235 Å². The zero-order valence-electron chi connectivity index (χ0n) is 22.7. The van der Waals surface area contributed by atoms with Crippen LogP contribution in [-0.2, 0) is 24.2 Å². The maximum Gasteiger partial charge on any atom is 0.410 e. The van der Waals surface area contributed by atoms with E-state index in [0.717, 1.165) is 23.2 Å². The van der Waals surface area contributed by atoms with Crippen molar-refractivity contribution in [3.8, 4) is 0 Å². The molecule has 2 aliphatic rings. The second kappa shape index (κ2) is 13.9. The molecule has 0 bridgehead atoms. The maximum absolute atomic E-state index is 12.2. The quantitative estimate of drug-likeness (QED) is 0.321. The number of piperidine rings is 2. The van der Waals surface area contributed by atoms with Gasteiger partial charge in [0.05, 0.1) is 23.9 Å². The van der Waals surface area contributed by atoms with E-state index in [2.05, 4.69) is 5.32 Å². The number of nitrogens with zero attached hydrogens (tertiary/aromatic N) is 1. The molecule has 4 atom stereocenters. The number of aliphatic hydroxyl groups excluding tert-OH is 2. The van der Waals surface area contributed by atoms with Gasteiger partial charge in [-0.2, -0.15) is 0 Å². The molecule has 3 aromatic rings. The molecule has 0 spiro atoms. The minimum Gasteiger partial charge on any atom is -0.445 e. The number of nitrogens with one attached hydrogen (secondary N) is 1. The number of aliphatic hydroxyl groups is 4. The normalized spacial score (nSPS) is 26.4. The summed E-state index contributed by atoms with van der Waals surface area (Å²) in [6.45, 7) is 1.86. The molecule has 214 valence electrons. The third-order valence-electron chi connectivity index (χ3n) is 7.69. The van der Waals surface area contributed by atoms with E-state index in [4.69, 9.17) is 4.74 Å². The standard InChI is InChI=1S/C20H23NO4.C12H17NO2/c22-18-14-21(19(23)25-15-17-9-5-2-6-10-17)12-11-20(18,24)13-16-7-3-1-4-8-16;14-11-9-13-7-6-12(11,15)8-10-4-2-1-3-5-10/h1-10,18,22,24H,11-15H2;1-5,11,13-15H,6-9H2/t18-,20+;11?,12-/m01/s1. The smallest absolute Gasteiger partial charge is 0.410 e. The number of benzene rings is 3. The number of amides is 1. The highest BCUT2D eigenvalue weighted by molar-refractivity contribution is 5.68. The summed E-state index contributed by atoms with van der Waals surface area (Å²) in [7, 11) is 0. The van der Waals surface area contributed by atoms with Crippen molar-refractivity contribution in [1.29, 1.82) is 0 Å². The molecule has 40 heavy (non-hydrogen) atoms. The fourth-order valence-electron chi connectivity index (χ4n) is 5.15. The van der Waals surface area contributed by atoms with Gasteiger partial charge in [-0.05, 0) is 36.1 Å². The van der Waals surface area contributed by atoms with Crippen molar-refractivity contribution in [3.63, 3.8) is 0 Å². The molecule has 2 saturated heterocycles. The van der Waals surface area contributed by atoms with Gasteiger partial charge < -0.3 is 35.4 Å². The highest BCUT2D eigenvalue weighted by Crippen LogP contribution is 2.27. The Hall–Kier alpha value is -3.27. The average molecular weight is 549 g/mol. The summed E-state index contributed by atoms with van der Waals surface area (Å²) in [5.41, 5.74) is 0.753. The Balaban J connectivity index is 0.000000210. The predicted molar refractivity (Wildman–Crippen MR) is 153 cm³/mol. The monoisotopic (exact) mass is 548 g/mol. The first-order valence-corrected chi connectivity index (χ1v) is 13.8. The lowest BCUT2D eigenvalue weighted by Gasteiger charge is -2.41. The molecule has 1 amide bonds. The Bertz CT molecular complexity index is 1180. The van der Waals surface area contributed by atoms with E-state index in [-0.39, 0.29) is 13.2 Å². The minimum atomic E-state index is -1.22. The fraction of sp³-hybridized carbons (Fsp3) is 0.406. The molecule has 0 aliphatic carbocycles. The summed E-state index contributed by atoms with van der Waals surface area (Å²) >= 11 is 0.